The van der Waals surface area contributed by atoms with Gasteiger partial charge in [-0.3, -0.25) is 0 Å². The summed E-state index contributed by atoms with van der Waals surface area (Å²) >= 11 is 0. The zero-order valence-electron chi connectivity index (χ0n) is 20.6. The van der Waals surface area contributed by atoms with Crippen molar-refractivity contribution in [2.24, 2.45) is 7.05 Å². The standard InChI is InChI=1S/C35H25NSi/c1-36-32-19-11-10-18-28(32)30-22-31-29-21-20-24-12-8-9-17-27(24)35(29)37(34(31)23-33(30)36,25-13-4-2-5-14-25)26-15-6-3-7-16-26/h2-23H,1H3. The van der Waals surface area contributed by atoms with Crippen LogP contribution in [0.25, 0.3) is 43.7 Å². The molecule has 0 aliphatic carbocycles. The second-order valence-electron chi connectivity index (χ2n) is 10.2. The van der Waals surface area contributed by atoms with Crippen LogP contribution in [0.5, 0.6) is 0 Å². The molecule has 1 nitrogen and oxygen atoms in total. The van der Waals surface area contributed by atoms with Gasteiger partial charge in [0.2, 0.25) is 0 Å². The van der Waals surface area contributed by atoms with E-state index in [4.69, 9.17) is 0 Å². The Morgan fingerprint density at radius 3 is 1.84 bits per heavy atom. The minimum atomic E-state index is -2.59. The Kier molecular flexibility index (Phi) is 4.23. The lowest BCUT2D eigenvalue weighted by atomic mass is 9.99. The molecule has 37 heavy (non-hydrogen) atoms. The molecule has 2 heterocycles. The first-order valence-corrected chi connectivity index (χ1v) is 14.9. The lowest BCUT2D eigenvalue weighted by Gasteiger charge is -2.32. The molecule has 0 fully saturated rings. The van der Waals surface area contributed by atoms with Crippen LogP contribution < -0.4 is 20.7 Å². The van der Waals surface area contributed by atoms with Crippen LogP contribution in [0.4, 0.5) is 0 Å². The molecule has 0 amide bonds. The Balaban J connectivity index is 1.64. The fourth-order valence-electron chi connectivity index (χ4n) is 6.92. The molecule has 0 saturated heterocycles. The zero-order valence-corrected chi connectivity index (χ0v) is 21.6. The molecule has 174 valence electrons. The van der Waals surface area contributed by atoms with Gasteiger partial charge in [-0.1, -0.05) is 115 Å². The van der Waals surface area contributed by atoms with Gasteiger partial charge >= 0.3 is 0 Å². The van der Waals surface area contributed by atoms with Gasteiger partial charge in [-0.05, 0) is 60.8 Å². The minimum Gasteiger partial charge on any atom is -0.344 e. The molecule has 7 aromatic rings. The normalized spacial score (nSPS) is 13.8. The number of benzene rings is 6. The summed E-state index contributed by atoms with van der Waals surface area (Å²) in [6.45, 7) is 0. The van der Waals surface area contributed by atoms with E-state index in [-0.39, 0.29) is 0 Å². The molecule has 6 aromatic carbocycles. The van der Waals surface area contributed by atoms with Crippen molar-refractivity contribution in [3.8, 4) is 11.1 Å². The van der Waals surface area contributed by atoms with Crippen molar-refractivity contribution in [1.82, 2.24) is 4.57 Å². The van der Waals surface area contributed by atoms with Crippen LogP contribution in [0.1, 0.15) is 0 Å². The van der Waals surface area contributed by atoms with E-state index in [9.17, 15) is 0 Å². The summed E-state index contributed by atoms with van der Waals surface area (Å²) in [5.41, 5.74) is 5.37. The summed E-state index contributed by atoms with van der Waals surface area (Å²) in [6.07, 6.45) is 0. The fraction of sp³-hybridized carbons (Fsp3) is 0.0286. The van der Waals surface area contributed by atoms with Gasteiger partial charge in [-0.2, -0.15) is 0 Å². The van der Waals surface area contributed by atoms with E-state index in [2.05, 4.69) is 145 Å². The molecule has 0 atom stereocenters. The van der Waals surface area contributed by atoms with E-state index < -0.39 is 8.07 Å². The van der Waals surface area contributed by atoms with Crippen molar-refractivity contribution in [2.75, 3.05) is 0 Å². The predicted molar refractivity (Wildman–Crippen MR) is 161 cm³/mol. The average molecular weight is 488 g/mol. The topological polar surface area (TPSA) is 4.93 Å². The summed E-state index contributed by atoms with van der Waals surface area (Å²) < 4.78 is 2.38. The fourth-order valence-corrected chi connectivity index (χ4v) is 12.3. The monoisotopic (exact) mass is 487 g/mol. The van der Waals surface area contributed by atoms with Crippen molar-refractivity contribution >= 4 is 61.4 Å². The van der Waals surface area contributed by atoms with E-state index in [0.717, 1.165) is 0 Å². The van der Waals surface area contributed by atoms with E-state index in [0.29, 0.717) is 0 Å². The van der Waals surface area contributed by atoms with Gasteiger partial charge in [-0.25, -0.2) is 0 Å². The van der Waals surface area contributed by atoms with Gasteiger partial charge in [0, 0.05) is 28.9 Å². The highest BCUT2D eigenvalue weighted by Crippen LogP contribution is 2.37. The zero-order chi connectivity index (χ0) is 24.6. The van der Waals surface area contributed by atoms with Crippen molar-refractivity contribution < 1.29 is 0 Å². The number of hydrogen-bond acceptors (Lipinski definition) is 0. The SMILES string of the molecule is Cn1c2ccccc2c2cc3c(cc21)[Si](c1ccccc1)(c1ccccc1)c1c-3ccc2ccccc12. The third kappa shape index (κ3) is 2.63. The molecule has 0 spiro atoms. The number of rotatable bonds is 2. The Morgan fingerprint density at radius 1 is 0.486 bits per heavy atom. The molecule has 0 bridgehead atoms. The number of para-hydroxylation sites is 1. The largest absolute Gasteiger partial charge is 0.344 e. The first-order valence-electron chi connectivity index (χ1n) is 12.9. The van der Waals surface area contributed by atoms with Crippen LogP contribution in [0.15, 0.2) is 133 Å². The van der Waals surface area contributed by atoms with Gasteiger partial charge in [0.1, 0.15) is 0 Å². The Morgan fingerprint density at radius 2 is 1.11 bits per heavy atom. The van der Waals surface area contributed by atoms with Gasteiger partial charge in [0.05, 0.1) is 0 Å². The van der Waals surface area contributed by atoms with Gasteiger partial charge in [-0.15, -0.1) is 0 Å². The van der Waals surface area contributed by atoms with Crippen molar-refractivity contribution in [3.63, 3.8) is 0 Å². The number of nitrogens with zero attached hydrogens (tertiary/aromatic N) is 1. The van der Waals surface area contributed by atoms with Crippen LogP contribution in [-0.4, -0.2) is 12.6 Å². The highest BCUT2D eigenvalue weighted by Gasteiger charge is 2.49. The third-order valence-electron chi connectivity index (χ3n) is 8.46. The summed E-state index contributed by atoms with van der Waals surface area (Å²) in [5, 5.41) is 11.3. The number of fused-ring (bicyclic) bond motifs is 8. The number of aryl methyl sites for hydroxylation is 1. The van der Waals surface area contributed by atoms with E-state index in [1.807, 2.05) is 0 Å². The lowest BCUT2D eigenvalue weighted by Crippen LogP contribution is -2.73. The van der Waals surface area contributed by atoms with Crippen LogP contribution >= 0.6 is 0 Å². The van der Waals surface area contributed by atoms with Gasteiger partial charge < -0.3 is 4.57 Å². The molecule has 1 aromatic heterocycles. The average Bonchev–Trinajstić information content (AvgIpc) is 3.43. The molecule has 1 aliphatic heterocycles. The quantitative estimate of drug-likeness (QED) is 0.270. The highest BCUT2D eigenvalue weighted by molar-refractivity contribution is 7.23. The number of hydrogen-bond donors (Lipinski definition) is 0. The van der Waals surface area contributed by atoms with Crippen LogP contribution in [0.3, 0.4) is 0 Å². The Labute approximate surface area is 217 Å². The van der Waals surface area contributed by atoms with Gasteiger partial charge in [0.25, 0.3) is 0 Å². The molecule has 0 radical (unpaired) electrons. The summed E-state index contributed by atoms with van der Waals surface area (Å²) in [7, 11) is -0.382. The van der Waals surface area contributed by atoms with E-state index >= 15 is 0 Å². The summed E-state index contributed by atoms with van der Waals surface area (Å²) in [6, 6.07) is 50.1. The molecule has 0 saturated carbocycles. The molecule has 1 aliphatic rings. The summed E-state index contributed by atoms with van der Waals surface area (Å²) in [5.74, 6) is 0. The minimum absolute atomic E-state index is 1.28. The second kappa shape index (κ2) is 7.55. The van der Waals surface area contributed by atoms with E-state index in [1.165, 1.54) is 64.5 Å². The van der Waals surface area contributed by atoms with Crippen LogP contribution in [0.2, 0.25) is 0 Å². The van der Waals surface area contributed by atoms with E-state index in [1.54, 1.807) is 0 Å². The molecule has 0 unspecified atom stereocenters. The second-order valence-corrected chi connectivity index (χ2v) is 13.9. The number of aromatic nitrogens is 1. The predicted octanol–water partition coefficient (Wildman–Crippen LogP) is 5.84. The first-order chi connectivity index (χ1) is 18.3. The van der Waals surface area contributed by atoms with Crippen LogP contribution in [0, 0.1) is 0 Å². The maximum Gasteiger partial charge on any atom is 0.181 e. The maximum absolute atomic E-state index is 2.59. The Hall–Kier alpha value is -4.40. The highest BCUT2D eigenvalue weighted by atomic mass is 28.3. The molecule has 2 heteroatoms. The summed E-state index contributed by atoms with van der Waals surface area (Å²) in [4.78, 5) is 0. The van der Waals surface area contributed by atoms with Gasteiger partial charge in [0.15, 0.2) is 8.07 Å². The molecule has 8 rings (SSSR count). The van der Waals surface area contributed by atoms with Crippen molar-refractivity contribution in [2.45, 2.75) is 0 Å². The molecular formula is C35H25NSi. The molecular weight excluding hydrogens is 462 g/mol. The first kappa shape index (κ1) is 20.8. The van der Waals surface area contributed by atoms with Crippen LogP contribution in [-0.2, 0) is 7.05 Å². The smallest absolute Gasteiger partial charge is 0.181 e. The lowest BCUT2D eigenvalue weighted by molar-refractivity contribution is 1.01. The third-order valence-corrected chi connectivity index (χ3v) is 13.4. The van der Waals surface area contributed by atoms with Crippen molar-refractivity contribution in [3.05, 3.63) is 133 Å². The van der Waals surface area contributed by atoms with Crippen molar-refractivity contribution in [1.29, 1.82) is 0 Å². The Bertz CT molecular complexity index is 1940. The molecule has 0 N–H and O–H groups in total. The maximum atomic E-state index is 2.53.